The topological polar surface area (TPSA) is 21.3 Å². The van der Waals surface area contributed by atoms with Crippen molar-refractivity contribution in [2.75, 3.05) is 11.9 Å². The number of anilines is 1. The third-order valence-corrected chi connectivity index (χ3v) is 2.95. The Balaban J connectivity index is 1.89. The monoisotopic (exact) mass is 247 g/mol. The lowest BCUT2D eigenvalue weighted by Gasteiger charge is -2.27. The summed E-state index contributed by atoms with van der Waals surface area (Å²) in [5, 5.41) is 3.20. The molecular weight excluding hydrogens is 236 g/mol. The lowest BCUT2D eigenvalue weighted by atomic mass is 10.1. The summed E-state index contributed by atoms with van der Waals surface area (Å²) in [5.74, 6) is -0.976. The summed E-state index contributed by atoms with van der Waals surface area (Å²) in [4.78, 5) is 0. The van der Waals surface area contributed by atoms with Crippen LogP contribution in [0.1, 0.15) is 11.7 Å². The molecule has 1 aliphatic rings. The lowest BCUT2D eigenvalue weighted by molar-refractivity contribution is 0.210. The van der Waals surface area contributed by atoms with Crippen molar-refractivity contribution in [3.8, 4) is 5.75 Å². The Labute approximate surface area is 103 Å². The second-order valence-corrected chi connectivity index (χ2v) is 4.16. The van der Waals surface area contributed by atoms with E-state index in [1.54, 1.807) is 6.07 Å². The number of ether oxygens (including phenoxy) is 1. The van der Waals surface area contributed by atoms with Gasteiger partial charge in [0.2, 0.25) is 0 Å². The summed E-state index contributed by atoms with van der Waals surface area (Å²) in [6.07, 6.45) is -0.310. The van der Waals surface area contributed by atoms with Crippen LogP contribution >= 0.6 is 0 Å². The van der Waals surface area contributed by atoms with Crippen LogP contribution in [0.25, 0.3) is 0 Å². The minimum atomic E-state index is -0.852. The maximum atomic E-state index is 13.2. The molecule has 1 unspecified atom stereocenters. The molecule has 1 N–H and O–H groups in total. The van der Waals surface area contributed by atoms with Crippen LogP contribution < -0.4 is 10.1 Å². The number of rotatable bonds is 1. The molecule has 0 aliphatic carbocycles. The summed E-state index contributed by atoms with van der Waals surface area (Å²) >= 11 is 0. The minimum Gasteiger partial charge on any atom is -0.482 e. The van der Waals surface area contributed by atoms with Crippen molar-refractivity contribution >= 4 is 5.69 Å². The number of fused-ring (bicyclic) bond motifs is 1. The van der Waals surface area contributed by atoms with Crippen LogP contribution in [-0.4, -0.2) is 6.54 Å². The average Bonchev–Trinajstić information content (AvgIpc) is 2.41. The maximum absolute atomic E-state index is 13.2. The summed E-state index contributed by atoms with van der Waals surface area (Å²) in [6, 6.07) is 11.4. The van der Waals surface area contributed by atoms with Gasteiger partial charge < -0.3 is 10.1 Å². The van der Waals surface area contributed by atoms with E-state index >= 15 is 0 Å². The number of hydrogen-bond acceptors (Lipinski definition) is 2. The molecule has 0 amide bonds. The van der Waals surface area contributed by atoms with Crippen molar-refractivity contribution in [3.63, 3.8) is 0 Å². The van der Waals surface area contributed by atoms with Crippen LogP contribution in [0.3, 0.4) is 0 Å². The van der Waals surface area contributed by atoms with Gasteiger partial charge in [0, 0.05) is 0 Å². The van der Waals surface area contributed by atoms with Gasteiger partial charge in [-0.1, -0.05) is 18.2 Å². The van der Waals surface area contributed by atoms with E-state index in [1.807, 2.05) is 24.3 Å². The van der Waals surface area contributed by atoms with Gasteiger partial charge in [-0.3, -0.25) is 0 Å². The van der Waals surface area contributed by atoms with Crippen LogP contribution in [0, 0.1) is 11.6 Å². The normalized spacial score (nSPS) is 17.6. The molecular formula is C14H11F2NO. The molecule has 0 spiro atoms. The molecule has 0 aromatic heterocycles. The summed E-state index contributed by atoms with van der Waals surface area (Å²) < 4.78 is 31.8. The first-order valence-corrected chi connectivity index (χ1v) is 5.68. The zero-order chi connectivity index (χ0) is 12.5. The van der Waals surface area contributed by atoms with Gasteiger partial charge in [0.05, 0.1) is 12.2 Å². The van der Waals surface area contributed by atoms with E-state index in [1.165, 1.54) is 6.07 Å². The van der Waals surface area contributed by atoms with Crippen LogP contribution in [0.5, 0.6) is 5.75 Å². The Hall–Kier alpha value is -2.10. The van der Waals surface area contributed by atoms with Gasteiger partial charge in [0.1, 0.15) is 11.9 Å². The Kier molecular flexibility index (Phi) is 2.63. The molecule has 3 rings (SSSR count). The summed E-state index contributed by atoms with van der Waals surface area (Å²) in [5.41, 5.74) is 1.53. The molecule has 0 saturated heterocycles. The Bertz CT molecular complexity index is 586. The molecule has 18 heavy (non-hydrogen) atoms. The van der Waals surface area contributed by atoms with Crippen molar-refractivity contribution in [2.24, 2.45) is 0 Å². The van der Waals surface area contributed by atoms with Crippen LogP contribution in [-0.2, 0) is 0 Å². The third kappa shape index (κ3) is 1.90. The number of nitrogens with one attached hydrogen (secondary N) is 1. The second-order valence-electron chi connectivity index (χ2n) is 4.16. The molecule has 0 bridgehead atoms. The van der Waals surface area contributed by atoms with Crippen LogP contribution in [0.2, 0.25) is 0 Å². The van der Waals surface area contributed by atoms with E-state index in [0.717, 1.165) is 17.5 Å². The molecule has 2 nitrogen and oxygen atoms in total. The first kappa shape index (κ1) is 11.0. The number of para-hydroxylation sites is 2. The molecule has 1 aliphatic heterocycles. The number of benzene rings is 2. The molecule has 2 aromatic rings. The molecule has 4 heteroatoms. The van der Waals surface area contributed by atoms with E-state index in [-0.39, 0.29) is 6.10 Å². The van der Waals surface area contributed by atoms with Gasteiger partial charge in [0.15, 0.2) is 11.6 Å². The first-order valence-electron chi connectivity index (χ1n) is 5.68. The smallest absolute Gasteiger partial charge is 0.159 e. The predicted octanol–water partition coefficient (Wildman–Crippen LogP) is 3.51. The highest BCUT2D eigenvalue weighted by atomic mass is 19.2. The van der Waals surface area contributed by atoms with E-state index in [2.05, 4.69) is 5.32 Å². The zero-order valence-corrected chi connectivity index (χ0v) is 9.49. The molecule has 0 radical (unpaired) electrons. The average molecular weight is 247 g/mol. The van der Waals surface area contributed by atoms with Crippen LogP contribution in [0.15, 0.2) is 42.5 Å². The Morgan fingerprint density at radius 2 is 1.89 bits per heavy atom. The Morgan fingerprint density at radius 3 is 2.72 bits per heavy atom. The lowest BCUT2D eigenvalue weighted by Crippen LogP contribution is -2.23. The molecule has 1 heterocycles. The highest BCUT2D eigenvalue weighted by Gasteiger charge is 2.21. The highest BCUT2D eigenvalue weighted by Crippen LogP contribution is 2.33. The standard InChI is InChI=1S/C14H11F2NO/c15-10-6-5-9(7-11(10)16)14-8-17-12-3-1-2-4-13(12)18-14/h1-7,14,17H,8H2. The molecule has 0 saturated carbocycles. The van der Waals surface area contributed by atoms with Gasteiger partial charge >= 0.3 is 0 Å². The fraction of sp³-hybridized carbons (Fsp3) is 0.143. The summed E-state index contributed by atoms with van der Waals surface area (Å²) in [7, 11) is 0. The minimum absolute atomic E-state index is 0.310. The van der Waals surface area contributed by atoms with E-state index < -0.39 is 11.6 Å². The first-order chi connectivity index (χ1) is 8.74. The fourth-order valence-corrected chi connectivity index (χ4v) is 2.01. The molecule has 92 valence electrons. The fourth-order valence-electron chi connectivity index (χ4n) is 2.01. The SMILES string of the molecule is Fc1ccc(C2CNc3ccccc3O2)cc1F. The van der Waals surface area contributed by atoms with Crippen molar-refractivity contribution in [3.05, 3.63) is 59.7 Å². The van der Waals surface area contributed by atoms with Crippen molar-refractivity contribution < 1.29 is 13.5 Å². The maximum Gasteiger partial charge on any atom is 0.159 e. The molecule has 2 aromatic carbocycles. The van der Waals surface area contributed by atoms with Crippen LogP contribution in [0.4, 0.5) is 14.5 Å². The van der Waals surface area contributed by atoms with Gasteiger partial charge in [-0.2, -0.15) is 0 Å². The van der Waals surface area contributed by atoms with E-state index in [9.17, 15) is 8.78 Å². The number of hydrogen-bond donors (Lipinski definition) is 1. The molecule has 1 atom stereocenters. The zero-order valence-electron chi connectivity index (χ0n) is 9.49. The second kappa shape index (κ2) is 4.29. The number of halogens is 2. The predicted molar refractivity (Wildman–Crippen MR) is 64.7 cm³/mol. The van der Waals surface area contributed by atoms with E-state index in [4.69, 9.17) is 4.74 Å². The van der Waals surface area contributed by atoms with E-state index in [0.29, 0.717) is 12.1 Å². The quantitative estimate of drug-likeness (QED) is 0.832. The highest BCUT2D eigenvalue weighted by molar-refractivity contribution is 5.58. The summed E-state index contributed by atoms with van der Waals surface area (Å²) in [6.45, 7) is 0.530. The largest absolute Gasteiger partial charge is 0.482 e. The Morgan fingerprint density at radius 1 is 1.06 bits per heavy atom. The van der Waals surface area contributed by atoms with Crippen molar-refractivity contribution in [1.82, 2.24) is 0 Å². The third-order valence-electron chi connectivity index (χ3n) is 2.95. The van der Waals surface area contributed by atoms with Gasteiger partial charge in [-0.15, -0.1) is 0 Å². The van der Waals surface area contributed by atoms with Gasteiger partial charge in [0.25, 0.3) is 0 Å². The van der Waals surface area contributed by atoms with Crippen molar-refractivity contribution in [1.29, 1.82) is 0 Å². The van der Waals surface area contributed by atoms with Crippen molar-refractivity contribution in [2.45, 2.75) is 6.10 Å². The molecule has 0 fully saturated rings. The van der Waals surface area contributed by atoms with Gasteiger partial charge in [-0.25, -0.2) is 8.78 Å². The van der Waals surface area contributed by atoms with Gasteiger partial charge in [-0.05, 0) is 29.8 Å².